The number of nitrogens with one attached hydrogen (secondary N) is 1. The number of benzene rings is 1. The maximum Gasteiger partial charge on any atom is 0.257 e. The molecule has 0 aliphatic rings. The van der Waals surface area contributed by atoms with Gasteiger partial charge in [0.15, 0.2) is 0 Å². The Balaban J connectivity index is 2.17. The Morgan fingerprint density at radius 1 is 1.26 bits per heavy atom. The number of hydrogen-bond acceptors (Lipinski definition) is 3. The van der Waals surface area contributed by atoms with Gasteiger partial charge in [-0.1, -0.05) is 19.4 Å². The largest absolute Gasteiger partial charge is 0.373 e. The molecule has 1 aromatic heterocycles. The van der Waals surface area contributed by atoms with E-state index in [0.29, 0.717) is 0 Å². The molecular formula is C17H19F2N3O. The molecule has 2 rings (SSSR count). The standard InChI is InChI=1S/C17H19F2N3O/c1-3-4-8-22(2)13-9-12(10-20-11-13)17(23)21-16-14(18)6-5-7-15(16)19/h5-7,9-11H,3-4,8H2,1-2H3,(H,21,23). The van der Waals surface area contributed by atoms with Gasteiger partial charge in [-0.2, -0.15) is 0 Å². The van der Waals surface area contributed by atoms with E-state index in [1.54, 1.807) is 12.3 Å². The highest BCUT2D eigenvalue weighted by Crippen LogP contribution is 2.20. The lowest BCUT2D eigenvalue weighted by Crippen LogP contribution is -2.20. The van der Waals surface area contributed by atoms with E-state index in [4.69, 9.17) is 0 Å². The van der Waals surface area contributed by atoms with E-state index in [0.717, 1.165) is 37.2 Å². The van der Waals surface area contributed by atoms with Crippen LogP contribution in [-0.4, -0.2) is 24.5 Å². The topological polar surface area (TPSA) is 45.2 Å². The molecule has 0 saturated heterocycles. The predicted octanol–water partition coefficient (Wildman–Crippen LogP) is 3.85. The van der Waals surface area contributed by atoms with Crippen LogP contribution in [0.1, 0.15) is 30.1 Å². The Labute approximate surface area is 134 Å². The molecule has 0 bridgehead atoms. The van der Waals surface area contributed by atoms with Crippen molar-refractivity contribution in [2.24, 2.45) is 0 Å². The third-order valence-corrected chi connectivity index (χ3v) is 3.48. The molecule has 0 spiro atoms. The molecule has 0 aliphatic carbocycles. The van der Waals surface area contributed by atoms with Crippen molar-refractivity contribution in [3.8, 4) is 0 Å². The van der Waals surface area contributed by atoms with Crippen molar-refractivity contribution in [1.82, 2.24) is 4.98 Å². The smallest absolute Gasteiger partial charge is 0.257 e. The predicted molar refractivity (Wildman–Crippen MR) is 86.7 cm³/mol. The van der Waals surface area contributed by atoms with Gasteiger partial charge in [0.1, 0.15) is 17.3 Å². The van der Waals surface area contributed by atoms with Gasteiger partial charge >= 0.3 is 0 Å². The Morgan fingerprint density at radius 3 is 2.61 bits per heavy atom. The van der Waals surface area contributed by atoms with E-state index in [2.05, 4.69) is 17.2 Å². The zero-order valence-corrected chi connectivity index (χ0v) is 13.1. The summed E-state index contributed by atoms with van der Waals surface area (Å²) in [4.78, 5) is 18.2. The van der Waals surface area contributed by atoms with Crippen molar-refractivity contribution in [3.63, 3.8) is 0 Å². The summed E-state index contributed by atoms with van der Waals surface area (Å²) in [5.74, 6) is -2.24. The van der Waals surface area contributed by atoms with Crippen LogP contribution in [0.25, 0.3) is 0 Å². The molecule has 0 radical (unpaired) electrons. The summed E-state index contributed by atoms with van der Waals surface area (Å²) < 4.78 is 27.2. The first-order valence-corrected chi connectivity index (χ1v) is 7.44. The van der Waals surface area contributed by atoms with E-state index in [1.165, 1.54) is 12.3 Å². The Morgan fingerprint density at radius 2 is 1.96 bits per heavy atom. The lowest BCUT2D eigenvalue weighted by atomic mass is 10.2. The molecule has 1 heterocycles. The van der Waals surface area contributed by atoms with E-state index < -0.39 is 23.2 Å². The molecule has 0 atom stereocenters. The van der Waals surface area contributed by atoms with Crippen LogP contribution in [0.3, 0.4) is 0 Å². The maximum absolute atomic E-state index is 13.6. The van der Waals surface area contributed by atoms with Gasteiger partial charge in [0.05, 0.1) is 17.4 Å². The third kappa shape index (κ3) is 4.25. The highest BCUT2D eigenvalue weighted by atomic mass is 19.1. The summed E-state index contributed by atoms with van der Waals surface area (Å²) in [6.45, 7) is 2.93. The van der Waals surface area contributed by atoms with Gasteiger partial charge in [0.25, 0.3) is 5.91 Å². The number of aromatic nitrogens is 1. The van der Waals surface area contributed by atoms with Gasteiger partial charge in [-0.15, -0.1) is 0 Å². The second-order valence-electron chi connectivity index (χ2n) is 5.26. The number of nitrogens with zero attached hydrogens (tertiary/aromatic N) is 2. The molecule has 0 aliphatic heterocycles. The summed E-state index contributed by atoms with van der Waals surface area (Å²) >= 11 is 0. The highest BCUT2D eigenvalue weighted by Gasteiger charge is 2.14. The number of carbonyl (C=O) groups is 1. The summed E-state index contributed by atoms with van der Waals surface area (Å²) in [7, 11) is 1.91. The van der Waals surface area contributed by atoms with Crippen LogP contribution < -0.4 is 10.2 Å². The fourth-order valence-corrected chi connectivity index (χ4v) is 2.09. The number of rotatable bonds is 6. The number of carbonyl (C=O) groups excluding carboxylic acids is 1. The van der Waals surface area contributed by atoms with Crippen LogP contribution >= 0.6 is 0 Å². The molecule has 1 amide bonds. The molecular weight excluding hydrogens is 300 g/mol. The van der Waals surface area contributed by atoms with Crippen LogP contribution in [0.15, 0.2) is 36.7 Å². The zero-order valence-electron chi connectivity index (χ0n) is 13.1. The average Bonchev–Trinajstić information content (AvgIpc) is 2.56. The summed E-state index contributed by atoms with van der Waals surface area (Å²) in [5, 5.41) is 2.26. The van der Waals surface area contributed by atoms with Crippen LogP contribution in [0, 0.1) is 11.6 Å². The monoisotopic (exact) mass is 319 g/mol. The Hall–Kier alpha value is -2.50. The first kappa shape index (κ1) is 16.9. The SMILES string of the molecule is CCCCN(C)c1cncc(C(=O)Nc2c(F)cccc2F)c1. The van der Waals surface area contributed by atoms with Crippen molar-refractivity contribution in [1.29, 1.82) is 0 Å². The number of hydrogen-bond donors (Lipinski definition) is 1. The van der Waals surface area contributed by atoms with Crippen LogP contribution in [-0.2, 0) is 0 Å². The summed E-state index contributed by atoms with van der Waals surface area (Å²) in [6, 6.07) is 5.07. The molecule has 0 fully saturated rings. The van der Waals surface area contributed by atoms with Crippen molar-refractivity contribution in [2.75, 3.05) is 23.8 Å². The van der Waals surface area contributed by atoms with Crippen molar-refractivity contribution in [3.05, 3.63) is 53.9 Å². The minimum atomic E-state index is -0.817. The molecule has 122 valence electrons. The summed E-state index contributed by atoms with van der Waals surface area (Å²) in [6.07, 6.45) is 5.10. The second kappa shape index (κ2) is 7.67. The molecule has 4 nitrogen and oxygen atoms in total. The number of halogens is 2. The second-order valence-corrected chi connectivity index (χ2v) is 5.26. The van der Waals surface area contributed by atoms with E-state index >= 15 is 0 Å². The number of anilines is 2. The van der Waals surface area contributed by atoms with Gasteiger partial charge in [-0.3, -0.25) is 9.78 Å². The van der Waals surface area contributed by atoms with Crippen molar-refractivity contribution < 1.29 is 13.6 Å². The number of pyridine rings is 1. The molecule has 0 saturated carbocycles. The van der Waals surface area contributed by atoms with E-state index in [-0.39, 0.29) is 5.56 Å². The van der Waals surface area contributed by atoms with Crippen molar-refractivity contribution >= 4 is 17.3 Å². The van der Waals surface area contributed by atoms with Crippen LogP contribution in [0.5, 0.6) is 0 Å². The number of para-hydroxylation sites is 1. The maximum atomic E-state index is 13.6. The van der Waals surface area contributed by atoms with Crippen LogP contribution in [0.2, 0.25) is 0 Å². The van der Waals surface area contributed by atoms with E-state index in [9.17, 15) is 13.6 Å². The highest BCUT2D eigenvalue weighted by molar-refractivity contribution is 6.04. The zero-order chi connectivity index (χ0) is 16.8. The molecule has 23 heavy (non-hydrogen) atoms. The van der Waals surface area contributed by atoms with Gasteiger partial charge in [0.2, 0.25) is 0 Å². The molecule has 6 heteroatoms. The van der Waals surface area contributed by atoms with Gasteiger partial charge in [-0.25, -0.2) is 8.78 Å². The molecule has 1 aromatic carbocycles. The van der Waals surface area contributed by atoms with Gasteiger partial charge in [0, 0.05) is 19.8 Å². The molecule has 1 N–H and O–H groups in total. The first-order chi connectivity index (χ1) is 11.0. The lowest BCUT2D eigenvalue weighted by molar-refractivity contribution is 0.102. The number of amides is 1. The average molecular weight is 319 g/mol. The quantitative estimate of drug-likeness (QED) is 0.879. The minimum Gasteiger partial charge on any atom is -0.373 e. The summed E-state index contributed by atoms with van der Waals surface area (Å²) in [5.41, 5.74) is 0.566. The Bertz CT molecular complexity index is 671. The third-order valence-electron chi connectivity index (χ3n) is 3.48. The fraction of sp³-hybridized carbons (Fsp3) is 0.294. The Kier molecular flexibility index (Phi) is 5.62. The van der Waals surface area contributed by atoms with Crippen LogP contribution in [0.4, 0.5) is 20.2 Å². The van der Waals surface area contributed by atoms with Crippen molar-refractivity contribution in [2.45, 2.75) is 19.8 Å². The first-order valence-electron chi connectivity index (χ1n) is 7.44. The minimum absolute atomic E-state index is 0.244. The fourth-order valence-electron chi connectivity index (χ4n) is 2.09. The molecule has 0 unspecified atom stereocenters. The molecule has 2 aromatic rings. The normalized spacial score (nSPS) is 10.4. The van der Waals surface area contributed by atoms with Gasteiger partial charge < -0.3 is 10.2 Å². The van der Waals surface area contributed by atoms with Gasteiger partial charge in [-0.05, 0) is 24.6 Å². The van der Waals surface area contributed by atoms with E-state index in [1.807, 2.05) is 11.9 Å². The number of unbranched alkanes of at least 4 members (excludes halogenated alkanes) is 1. The lowest BCUT2D eigenvalue weighted by Gasteiger charge is -2.19.